The van der Waals surface area contributed by atoms with Crippen LogP contribution in [-0.2, 0) is 9.53 Å². The fraction of sp³-hybridized carbons (Fsp3) is 0.500. The second-order valence-electron chi connectivity index (χ2n) is 4.46. The molecule has 0 radical (unpaired) electrons. The number of esters is 1. The second-order valence-corrected chi connectivity index (χ2v) is 5.41. The van der Waals surface area contributed by atoms with Gasteiger partial charge in [0, 0.05) is 11.4 Å². The van der Waals surface area contributed by atoms with Gasteiger partial charge in [0.25, 0.3) is 0 Å². The number of amides is 2. The smallest absolute Gasteiger partial charge is 0.337 e. The van der Waals surface area contributed by atoms with Gasteiger partial charge in [0.05, 0.1) is 18.2 Å². The van der Waals surface area contributed by atoms with E-state index in [1.54, 1.807) is 6.92 Å². The van der Waals surface area contributed by atoms with E-state index in [9.17, 15) is 9.59 Å². The summed E-state index contributed by atoms with van der Waals surface area (Å²) in [4.78, 5) is 27.8. The SMILES string of the molecule is CCOC(=O)C1=C(CSc2n[nH]c(N)n2)NC(=O)N[C@H]1CC. The topological polar surface area (TPSA) is 135 Å². The molecule has 0 saturated carbocycles. The molecular weight excluding hydrogens is 308 g/mol. The van der Waals surface area contributed by atoms with Crippen LogP contribution in [-0.4, -0.2) is 45.6 Å². The maximum absolute atomic E-state index is 12.2. The first-order chi connectivity index (χ1) is 10.5. The summed E-state index contributed by atoms with van der Waals surface area (Å²) >= 11 is 1.26. The van der Waals surface area contributed by atoms with Gasteiger partial charge in [-0.3, -0.25) is 0 Å². The van der Waals surface area contributed by atoms with Gasteiger partial charge in [0.15, 0.2) is 0 Å². The summed E-state index contributed by atoms with van der Waals surface area (Å²) in [5, 5.41) is 12.2. The quantitative estimate of drug-likeness (QED) is 0.438. The highest BCUT2D eigenvalue weighted by Crippen LogP contribution is 2.22. The van der Waals surface area contributed by atoms with E-state index in [-0.39, 0.29) is 24.6 Å². The molecule has 2 amide bonds. The fourth-order valence-corrected chi connectivity index (χ4v) is 2.81. The number of carbonyl (C=O) groups excluding carboxylic acids is 2. The summed E-state index contributed by atoms with van der Waals surface area (Å²) in [6.07, 6.45) is 0.587. The van der Waals surface area contributed by atoms with E-state index < -0.39 is 5.97 Å². The van der Waals surface area contributed by atoms with Gasteiger partial charge >= 0.3 is 12.0 Å². The Morgan fingerprint density at radius 3 is 2.82 bits per heavy atom. The maximum atomic E-state index is 12.2. The Morgan fingerprint density at radius 1 is 1.45 bits per heavy atom. The van der Waals surface area contributed by atoms with Gasteiger partial charge in [-0.2, -0.15) is 4.98 Å². The number of nitrogen functional groups attached to an aromatic ring is 1. The Labute approximate surface area is 131 Å². The lowest BCUT2D eigenvalue weighted by Crippen LogP contribution is -2.50. The molecule has 0 spiro atoms. The van der Waals surface area contributed by atoms with Gasteiger partial charge in [-0.05, 0) is 13.3 Å². The van der Waals surface area contributed by atoms with Crippen LogP contribution in [0, 0.1) is 0 Å². The number of aromatic amines is 1. The van der Waals surface area contributed by atoms with Crippen molar-refractivity contribution in [2.24, 2.45) is 0 Å². The first kappa shape index (κ1) is 16.1. The number of H-pyrrole nitrogens is 1. The van der Waals surface area contributed by atoms with Crippen LogP contribution in [0.1, 0.15) is 20.3 Å². The van der Waals surface area contributed by atoms with E-state index >= 15 is 0 Å². The number of thioether (sulfide) groups is 1. The van der Waals surface area contributed by atoms with Crippen molar-refractivity contribution in [3.8, 4) is 0 Å². The largest absolute Gasteiger partial charge is 0.463 e. The summed E-state index contributed by atoms with van der Waals surface area (Å²) in [5.74, 6) is 0.102. The van der Waals surface area contributed by atoms with Crippen LogP contribution in [0.3, 0.4) is 0 Å². The number of carbonyl (C=O) groups is 2. The van der Waals surface area contributed by atoms with E-state index in [0.29, 0.717) is 28.6 Å². The van der Waals surface area contributed by atoms with Crippen LogP contribution in [0.2, 0.25) is 0 Å². The number of nitrogens with one attached hydrogen (secondary N) is 3. The van der Waals surface area contributed by atoms with Gasteiger partial charge < -0.3 is 21.1 Å². The van der Waals surface area contributed by atoms with Crippen LogP contribution in [0.4, 0.5) is 10.7 Å². The van der Waals surface area contributed by atoms with Gasteiger partial charge in [-0.15, -0.1) is 5.10 Å². The van der Waals surface area contributed by atoms with Gasteiger partial charge in [-0.1, -0.05) is 18.7 Å². The van der Waals surface area contributed by atoms with E-state index in [1.165, 1.54) is 11.8 Å². The molecule has 1 atom stereocenters. The van der Waals surface area contributed by atoms with Crippen LogP contribution in [0.15, 0.2) is 16.4 Å². The van der Waals surface area contributed by atoms with E-state index in [0.717, 1.165) is 0 Å². The third kappa shape index (κ3) is 3.70. The van der Waals surface area contributed by atoms with Crippen molar-refractivity contribution in [3.63, 3.8) is 0 Å². The molecule has 22 heavy (non-hydrogen) atoms. The Morgan fingerprint density at radius 2 is 2.23 bits per heavy atom. The lowest BCUT2D eigenvalue weighted by atomic mass is 10.0. The molecule has 1 aromatic rings. The molecule has 10 heteroatoms. The molecule has 2 heterocycles. The molecular formula is C12H18N6O3S. The summed E-state index contributed by atoms with van der Waals surface area (Å²) in [5.41, 5.74) is 6.39. The van der Waals surface area contributed by atoms with Crippen molar-refractivity contribution in [2.75, 3.05) is 18.1 Å². The van der Waals surface area contributed by atoms with Crippen LogP contribution in [0.5, 0.6) is 0 Å². The number of aromatic nitrogens is 3. The van der Waals surface area contributed by atoms with Gasteiger partial charge in [0.1, 0.15) is 0 Å². The molecule has 0 bridgehead atoms. The Kier molecular flexibility index (Phi) is 5.26. The molecule has 120 valence electrons. The predicted octanol–water partition coefficient (Wildman–Crippen LogP) is 0.388. The van der Waals surface area contributed by atoms with E-state index in [4.69, 9.17) is 10.5 Å². The normalized spacial score (nSPS) is 17.9. The highest BCUT2D eigenvalue weighted by molar-refractivity contribution is 7.99. The Balaban J connectivity index is 2.22. The number of nitrogens with zero attached hydrogens (tertiary/aromatic N) is 2. The lowest BCUT2D eigenvalue weighted by molar-refractivity contribution is -0.139. The predicted molar refractivity (Wildman–Crippen MR) is 80.9 cm³/mol. The zero-order valence-electron chi connectivity index (χ0n) is 12.3. The molecule has 5 N–H and O–H groups in total. The van der Waals surface area contributed by atoms with Crippen molar-refractivity contribution in [1.82, 2.24) is 25.8 Å². The van der Waals surface area contributed by atoms with Gasteiger partial charge in [0.2, 0.25) is 11.1 Å². The maximum Gasteiger partial charge on any atom is 0.337 e. The number of hydrogen-bond acceptors (Lipinski definition) is 7. The zero-order chi connectivity index (χ0) is 16.1. The van der Waals surface area contributed by atoms with Crippen molar-refractivity contribution < 1.29 is 14.3 Å². The van der Waals surface area contributed by atoms with Crippen molar-refractivity contribution in [3.05, 3.63) is 11.3 Å². The molecule has 1 aliphatic heterocycles. The zero-order valence-corrected chi connectivity index (χ0v) is 13.1. The molecule has 0 saturated heterocycles. The molecule has 0 aromatic carbocycles. The Bertz CT molecular complexity index is 599. The lowest BCUT2D eigenvalue weighted by Gasteiger charge is -2.28. The minimum atomic E-state index is -0.438. The first-order valence-electron chi connectivity index (χ1n) is 6.83. The van der Waals surface area contributed by atoms with Crippen molar-refractivity contribution in [1.29, 1.82) is 0 Å². The van der Waals surface area contributed by atoms with Crippen LogP contribution < -0.4 is 16.4 Å². The molecule has 0 unspecified atom stereocenters. The number of anilines is 1. The van der Waals surface area contributed by atoms with Crippen molar-refractivity contribution >= 4 is 29.7 Å². The molecule has 1 aliphatic rings. The monoisotopic (exact) mass is 326 g/mol. The number of hydrogen-bond donors (Lipinski definition) is 4. The van der Waals surface area contributed by atoms with E-state index in [1.807, 2.05) is 6.92 Å². The summed E-state index contributed by atoms with van der Waals surface area (Å²) in [6, 6.07) is -0.717. The molecule has 1 aromatic heterocycles. The number of ether oxygens (including phenoxy) is 1. The number of urea groups is 1. The van der Waals surface area contributed by atoms with Crippen LogP contribution in [0.25, 0.3) is 0 Å². The summed E-state index contributed by atoms with van der Waals surface area (Å²) < 4.78 is 5.08. The minimum Gasteiger partial charge on any atom is -0.463 e. The number of rotatable bonds is 6. The Hall–Kier alpha value is -2.23. The van der Waals surface area contributed by atoms with Crippen molar-refractivity contribution in [2.45, 2.75) is 31.5 Å². The standard InChI is InChI=1S/C12H18N6O3S/c1-3-6-8(9(19)21-4-2)7(15-11(20)14-6)5-22-12-16-10(13)17-18-12/h6H,3-5H2,1-2H3,(H2,14,15,20)(H3,13,16,17,18)/t6-/m0/s1. The van der Waals surface area contributed by atoms with E-state index in [2.05, 4.69) is 25.8 Å². The van der Waals surface area contributed by atoms with Crippen LogP contribution >= 0.6 is 11.8 Å². The fourth-order valence-electron chi connectivity index (χ4n) is 2.03. The summed E-state index contributed by atoms with van der Waals surface area (Å²) in [7, 11) is 0. The molecule has 0 aliphatic carbocycles. The molecule has 0 fully saturated rings. The van der Waals surface area contributed by atoms with Gasteiger partial charge in [-0.25, -0.2) is 14.7 Å². The number of nitrogens with two attached hydrogens (primary N) is 1. The second kappa shape index (κ2) is 7.16. The third-order valence-corrected chi connectivity index (χ3v) is 3.85. The third-order valence-electron chi connectivity index (χ3n) is 2.97. The average Bonchev–Trinajstić information content (AvgIpc) is 2.90. The highest BCUT2D eigenvalue weighted by atomic mass is 32.2. The average molecular weight is 326 g/mol. The molecule has 9 nitrogen and oxygen atoms in total. The highest BCUT2D eigenvalue weighted by Gasteiger charge is 2.31. The first-order valence-corrected chi connectivity index (χ1v) is 7.82. The molecule has 2 rings (SSSR count). The minimum absolute atomic E-state index is 0.211. The summed E-state index contributed by atoms with van der Waals surface area (Å²) in [6.45, 7) is 3.89.